The largest absolute Gasteiger partial charge is 0.358 e. The topological polar surface area (TPSA) is 79.5 Å². The minimum Gasteiger partial charge on any atom is -0.263 e. The van der Waals surface area contributed by atoms with Gasteiger partial charge in [0.1, 0.15) is 11.0 Å². The van der Waals surface area contributed by atoms with Crippen molar-refractivity contribution in [3.63, 3.8) is 0 Å². The van der Waals surface area contributed by atoms with Crippen LogP contribution in [0.25, 0.3) is 0 Å². The maximum atomic E-state index is 12.2. The Hall–Kier alpha value is -1.95. The van der Waals surface area contributed by atoms with Gasteiger partial charge < -0.3 is 0 Å². The molecule has 0 fully saturated rings. The van der Waals surface area contributed by atoms with Crippen molar-refractivity contribution in [3.05, 3.63) is 64.7 Å². The highest BCUT2D eigenvalue weighted by Crippen LogP contribution is 2.18. The Bertz CT molecular complexity index is 931. The molecule has 0 spiro atoms. The van der Waals surface area contributed by atoms with E-state index in [1.807, 2.05) is 13.0 Å². The summed E-state index contributed by atoms with van der Waals surface area (Å²) in [5.41, 5.74) is 3.11. The molecule has 0 aliphatic rings. The Balaban J connectivity index is 2.32. The van der Waals surface area contributed by atoms with Crippen molar-refractivity contribution in [1.29, 1.82) is 5.26 Å². The van der Waals surface area contributed by atoms with Crippen molar-refractivity contribution in [2.75, 3.05) is 0 Å². The average Bonchev–Trinajstić information content (AvgIpc) is 2.62. The van der Waals surface area contributed by atoms with Crippen molar-refractivity contribution in [2.45, 2.75) is 23.3 Å². The Kier molecular flexibility index (Phi) is 6.53. The molecular formula is C17H16N2O3S3. The van der Waals surface area contributed by atoms with Crippen LogP contribution in [-0.2, 0) is 25.9 Å². The number of oxime groups is 1. The number of hydrogen-bond acceptors (Lipinski definition) is 7. The van der Waals surface area contributed by atoms with Crippen molar-refractivity contribution in [1.82, 2.24) is 0 Å². The number of aryl methyl sites for hydroxylation is 1. The summed E-state index contributed by atoms with van der Waals surface area (Å²) in [6.07, 6.45) is 0. The molecule has 2 rings (SSSR count). The van der Waals surface area contributed by atoms with Gasteiger partial charge in [-0.1, -0.05) is 35.0 Å². The van der Waals surface area contributed by atoms with E-state index in [9.17, 15) is 13.7 Å². The highest BCUT2D eigenvalue weighted by Gasteiger charge is 2.16. The molecule has 0 heterocycles. The van der Waals surface area contributed by atoms with Gasteiger partial charge in [-0.2, -0.15) is 38.9 Å². The summed E-state index contributed by atoms with van der Waals surface area (Å²) in [6, 6.07) is 13.2. The number of nitriles is 1. The second kappa shape index (κ2) is 8.43. The summed E-state index contributed by atoms with van der Waals surface area (Å²) < 4.78 is 29.0. The van der Waals surface area contributed by atoms with Crippen LogP contribution in [0.2, 0.25) is 0 Å². The number of hydrogen-bond donors (Lipinski definition) is 2. The summed E-state index contributed by atoms with van der Waals surface area (Å²) in [7, 11) is -4.08. The van der Waals surface area contributed by atoms with Crippen LogP contribution in [0, 0.1) is 18.3 Å². The number of benzene rings is 2. The highest BCUT2D eigenvalue weighted by atomic mass is 32.2. The summed E-state index contributed by atoms with van der Waals surface area (Å²) in [5, 5.41) is 12.8. The van der Waals surface area contributed by atoms with Gasteiger partial charge in [0.2, 0.25) is 0 Å². The van der Waals surface area contributed by atoms with E-state index < -0.39 is 10.1 Å². The lowest BCUT2D eigenvalue weighted by atomic mass is 10.0. The van der Waals surface area contributed by atoms with Crippen LogP contribution in [-0.4, -0.2) is 14.1 Å². The fourth-order valence-electron chi connectivity index (χ4n) is 2.05. The molecule has 0 atom stereocenters. The van der Waals surface area contributed by atoms with Crippen molar-refractivity contribution in [3.8, 4) is 6.07 Å². The fraction of sp³-hybridized carbons (Fsp3) is 0.176. The highest BCUT2D eigenvalue weighted by molar-refractivity contribution is 7.86. The van der Waals surface area contributed by atoms with Crippen molar-refractivity contribution >= 4 is 41.1 Å². The first-order chi connectivity index (χ1) is 11.9. The molecule has 8 heteroatoms. The molecule has 5 nitrogen and oxygen atoms in total. The molecule has 0 aliphatic carbocycles. The van der Waals surface area contributed by atoms with Gasteiger partial charge in [-0.25, -0.2) is 0 Å². The summed E-state index contributed by atoms with van der Waals surface area (Å²) in [6.45, 7) is 1.84. The van der Waals surface area contributed by atoms with Crippen LogP contribution in [0.5, 0.6) is 0 Å². The third kappa shape index (κ3) is 4.78. The molecule has 0 bridgehead atoms. The standard InChI is InChI=1S/C17H16N2O3S3/c1-12-2-6-16(7-3-12)25(20,21)22-19-17(9-18)13-4-5-14(10-23)15(8-13)11-24/h2-8,23-24H,10-11H2,1H3. The predicted molar refractivity (Wildman–Crippen MR) is 103 cm³/mol. The molecular weight excluding hydrogens is 376 g/mol. The molecule has 0 saturated carbocycles. The van der Waals surface area contributed by atoms with E-state index in [1.54, 1.807) is 30.3 Å². The zero-order valence-electron chi connectivity index (χ0n) is 13.4. The Morgan fingerprint density at radius 3 is 2.32 bits per heavy atom. The minimum absolute atomic E-state index is 0.0272. The third-order valence-electron chi connectivity index (χ3n) is 3.46. The van der Waals surface area contributed by atoms with E-state index in [0.717, 1.165) is 16.7 Å². The SMILES string of the molecule is Cc1ccc(S(=O)(=O)ON=C(C#N)c2ccc(CS)c(CS)c2)cc1. The van der Waals surface area contributed by atoms with Crippen LogP contribution < -0.4 is 0 Å². The molecule has 0 N–H and O–H groups in total. The third-order valence-corrected chi connectivity index (χ3v) is 5.26. The molecule has 2 aromatic carbocycles. The number of thiol groups is 2. The van der Waals surface area contributed by atoms with E-state index >= 15 is 0 Å². The van der Waals surface area contributed by atoms with Crippen LogP contribution in [0.4, 0.5) is 0 Å². The van der Waals surface area contributed by atoms with E-state index in [1.165, 1.54) is 12.1 Å². The fourth-order valence-corrected chi connectivity index (χ4v) is 3.38. The van der Waals surface area contributed by atoms with E-state index in [-0.39, 0.29) is 10.6 Å². The number of nitrogens with zero attached hydrogens (tertiary/aromatic N) is 2. The van der Waals surface area contributed by atoms with Crippen LogP contribution >= 0.6 is 25.3 Å². The van der Waals surface area contributed by atoms with E-state index in [0.29, 0.717) is 17.1 Å². The Labute approximate surface area is 158 Å². The average molecular weight is 393 g/mol. The summed E-state index contributed by atoms with van der Waals surface area (Å²) in [5.74, 6) is 0.998. The van der Waals surface area contributed by atoms with Crippen molar-refractivity contribution in [2.24, 2.45) is 5.16 Å². The molecule has 130 valence electrons. The molecule has 0 aromatic heterocycles. The quantitative estimate of drug-likeness (QED) is 0.448. The zero-order chi connectivity index (χ0) is 18.4. The van der Waals surface area contributed by atoms with Crippen molar-refractivity contribution < 1.29 is 12.7 Å². The normalized spacial score (nSPS) is 11.8. The smallest absolute Gasteiger partial charge is 0.263 e. The first-order valence-electron chi connectivity index (χ1n) is 7.23. The van der Waals surface area contributed by atoms with Gasteiger partial charge in [-0.05, 0) is 36.2 Å². The van der Waals surface area contributed by atoms with E-state index in [4.69, 9.17) is 4.28 Å². The van der Waals surface area contributed by atoms with Gasteiger partial charge in [0.25, 0.3) is 0 Å². The summed E-state index contributed by atoms with van der Waals surface area (Å²) >= 11 is 8.49. The second-order valence-corrected chi connectivity index (χ2v) is 7.35. The molecule has 0 saturated heterocycles. The lowest BCUT2D eigenvalue weighted by Crippen LogP contribution is -2.06. The van der Waals surface area contributed by atoms with Crippen LogP contribution in [0.1, 0.15) is 22.3 Å². The van der Waals surface area contributed by atoms with Gasteiger partial charge in [-0.15, -0.1) is 0 Å². The molecule has 0 radical (unpaired) electrons. The second-order valence-electron chi connectivity index (χ2n) is 5.19. The Morgan fingerprint density at radius 2 is 1.76 bits per heavy atom. The van der Waals surface area contributed by atoms with Crippen LogP contribution in [0.3, 0.4) is 0 Å². The maximum Gasteiger partial charge on any atom is 0.358 e. The first kappa shape index (κ1) is 19.4. The lowest BCUT2D eigenvalue weighted by Gasteiger charge is -2.07. The summed E-state index contributed by atoms with van der Waals surface area (Å²) in [4.78, 5) is -0.0272. The van der Waals surface area contributed by atoms with Gasteiger partial charge in [-0.3, -0.25) is 4.28 Å². The molecule has 0 amide bonds. The van der Waals surface area contributed by atoms with Crippen LogP contribution in [0.15, 0.2) is 52.5 Å². The lowest BCUT2D eigenvalue weighted by molar-refractivity contribution is 0.339. The zero-order valence-corrected chi connectivity index (χ0v) is 16.0. The van der Waals surface area contributed by atoms with Gasteiger partial charge in [0, 0.05) is 17.1 Å². The van der Waals surface area contributed by atoms with Gasteiger partial charge in [0.15, 0.2) is 5.71 Å². The number of rotatable bonds is 6. The van der Waals surface area contributed by atoms with Gasteiger partial charge >= 0.3 is 10.1 Å². The predicted octanol–water partition coefficient (Wildman–Crippen LogP) is 3.49. The Morgan fingerprint density at radius 1 is 1.12 bits per heavy atom. The van der Waals surface area contributed by atoms with E-state index in [2.05, 4.69) is 30.4 Å². The molecule has 0 unspecified atom stereocenters. The molecule has 25 heavy (non-hydrogen) atoms. The molecule has 2 aromatic rings. The monoisotopic (exact) mass is 392 g/mol. The first-order valence-corrected chi connectivity index (χ1v) is 9.91. The maximum absolute atomic E-state index is 12.2. The molecule has 0 aliphatic heterocycles. The minimum atomic E-state index is -4.08. The van der Waals surface area contributed by atoms with Gasteiger partial charge in [0.05, 0.1) is 0 Å².